The summed E-state index contributed by atoms with van der Waals surface area (Å²) in [6.07, 6.45) is -4.60. The number of rotatable bonds is 4. The van der Waals surface area contributed by atoms with Crippen LogP contribution in [0.4, 0.5) is 13.2 Å². The van der Waals surface area contributed by atoms with E-state index in [4.69, 9.17) is 5.11 Å². The van der Waals surface area contributed by atoms with Crippen molar-refractivity contribution in [2.45, 2.75) is 18.0 Å². The lowest BCUT2D eigenvalue weighted by molar-refractivity contribution is -0.137. The minimum atomic E-state index is -4.60. The summed E-state index contributed by atoms with van der Waals surface area (Å²) in [6, 6.07) is 2.49. The molecule has 0 saturated heterocycles. The molecule has 102 valence electrons. The first kappa shape index (κ1) is 14.9. The van der Waals surface area contributed by atoms with Crippen LogP contribution in [0.25, 0.3) is 0 Å². The topological polar surface area (TPSA) is 66.4 Å². The Bertz CT molecular complexity index is 526. The first-order valence-corrected chi connectivity index (χ1v) is 6.45. The highest BCUT2D eigenvalue weighted by molar-refractivity contribution is 7.89. The zero-order chi connectivity index (χ0) is 14.0. The van der Waals surface area contributed by atoms with Crippen molar-refractivity contribution in [1.82, 2.24) is 4.72 Å². The zero-order valence-electron chi connectivity index (χ0n) is 9.45. The third-order valence-corrected chi connectivity index (χ3v) is 3.81. The average Bonchev–Trinajstić information content (AvgIpc) is 2.25. The van der Waals surface area contributed by atoms with Crippen molar-refractivity contribution >= 4 is 10.0 Å². The molecule has 0 saturated carbocycles. The van der Waals surface area contributed by atoms with Crippen molar-refractivity contribution in [3.63, 3.8) is 0 Å². The number of alkyl halides is 3. The molecule has 0 unspecified atom stereocenters. The molecule has 1 aromatic rings. The minimum Gasteiger partial charge on any atom is -0.395 e. The first-order valence-electron chi connectivity index (χ1n) is 4.97. The summed E-state index contributed by atoms with van der Waals surface area (Å²) in [5.41, 5.74) is -0.828. The molecule has 0 spiro atoms. The van der Waals surface area contributed by atoms with Gasteiger partial charge < -0.3 is 5.11 Å². The van der Waals surface area contributed by atoms with Crippen molar-refractivity contribution in [2.24, 2.45) is 0 Å². The molecule has 0 heterocycles. The van der Waals surface area contributed by atoms with E-state index in [1.54, 1.807) is 0 Å². The van der Waals surface area contributed by atoms with Gasteiger partial charge in [-0.25, -0.2) is 13.1 Å². The van der Waals surface area contributed by atoms with Crippen molar-refractivity contribution in [2.75, 3.05) is 13.2 Å². The predicted octanol–water partition coefficient (Wildman–Crippen LogP) is 1.28. The summed E-state index contributed by atoms with van der Waals surface area (Å²) < 4.78 is 62.9. The highest BCUT2D eigenvalue weighted by Gasteiger charge is 2.32. The van der Waals surface area contributed by atoms with Gasteiger partial charge in [0.15, 0.2) is 0 Å². The third-order valence-electron chi connectivity index (χ3n) is 2.21. The monoisotopic (exact) mass is 283 g/mol. The maximum atomic E-state index is 12.5. The van der Waals surface area contributed by atoms with Gasteiger partial charge in [0.05, 0.1) is 17.1 Å². The quantitative estimate of drug-likeness (QED) is 0.875. The second-order valence-corrected chi connectivity index (χ2v) is 5.33. The number of aryl methyl sites for hydroxylation is 1. The Kier molecular flexibility index (Phi) is 4.36. The third kappa shape index (κ3) is 3.44. The molecule has 8 heteroatoms. The van der Waals surface area contributed by atoms with Crippen LogP contribution < -0.4 is 4.72 Å². The van der Waals surface area contributed by atoms with Crippen LogP contribution in [0, 0.1) is 6.92 Å². The van der Waals surface area contributed by atoms with Gasteiger partial charge in [-0.2, -0.15) is 13.2 Å². The molecule has 0 aliphatic rings. The maximum Gasteiger partial charge on any atom is 0.416 e. The first-order chi connectivity index (χ1) is 8.18. The summed E-state index contributed by atoms with van der Waals surface area (Å²) in [5.74, 6) is 0. The normalized spacial score (nSPS) is 12.7. The van der Waals surface area contributed by atoms with Crippen molar-refractivity contribution in [3.8, 4) is 0 Å². The lowest BCUT2D eigenvalue weighted by atomic mass is 10.1. The highest BCUT2D eigenvalue weighted by atomic mass is 32.2. The van der Waals surface area contributed by atoms with Crippen LogP contribution in [0.1, 0.15) is 11.1 Å². The number of hydrogen-bond donors (Lipinski definition) is 2. The van der Waals surface area contributed by atoms with Crippen molar-refractivity contribution in [3.05, 3.63) is 29.3 Å². The van der Waals surface area contributed by atoms with E-state index < -0.39 is 33.3 Å². The molecule has 0 fully saturated rings. The van der Waals surface area contributed by atoms with E-state index in [0.29, 0.717) is 6.07 Å². The molecule has 0 amide bonds. The van der Waals surface area contributed by atoms with Gasteiger partial charge in [0.2, 0.25) is 10.0 Å². The molecule has 18 heavy (non-hydrogen) atoms. The van der Waals surface area contributed by atoms with Gasteiger partial charge in [-0.05, 0) is 24.6 Å². The van der Waals surface area contributed by atoms with Crippen LogP contribution in [0.2, 0.25) is 0 Å². The van der Waals surface area contributed by atoms with E-state index in [1.807, 2.05) is 4.72 Å². The van der Waals surface area contributed by atoms with E-state index in [1.165, 1.54) is 6.92 Å². The molecule has 1 aromatic carbocycles. The Labute approximate surface area is 102 Å². The number of hydrogen-bond acceptors (Lipinski definition) is 3. The highest BCUT2D eigenvalue weighted by Crippen LogP contribution is 2.31. The van der Waals surface area contributed by atoms with Gasteiger partial charge in [0.25, 0.3) is 0 Å². The number of aliphatic hydroxyl groups excluding tert-OH is 1. The number of sulfonamides is 1. The Morgan fingerprint density at radius 2 is 1.94 bits per heavy atom. The van der Waals surface area contributed by atoms with E-state index in [-0.39, 0.29) is 12.1 Å². The van der Waals surface area contributed by atoms with Gasteiger partial charge in [-0.1, -0.05) is 6.07 Å². The van der Waals surface area contributed by atoms with Crippen molar-refractivity contribution < 1.29 is 26.7 Å². The van der Waals surface area contributed by atoms with Gasteiger partial charge in [0.1, 0.15) is 0 Å². The molecule has 0 bridgehead atoms. The second-order valence-electron chi connectivity index (χ2n) is 3.60. The van der Waals surface area contributed by atoms with Crippen LogP contribution in [0.3, 0.4) is 0 Å². The smallest absolute Gasteiger partial charge is 0.395 e. The fourth-order valence-electron chi connectivity index (χ4n) is 1.32. The van der Waals surface area contributed by atoms with Crippen molar-refractivity contribution in [1.29, 1.82) is 0 Å². The fourth-order valence-corrected chi connectivity index (χ4v) is 2.61. The summed E-state index contributed by atoms with van der Waals surface area (Å²) >= 11 is 0. The molecule has 0 atom stereocenters. The fraction of sp³-hybridized carbons (Fsp3) is 0.400. The number of benzene rings is 1. The summed E-state index contributed by atoms with van der Waals surface area (Å²) in [5, 5.41) is 8.52. The molecular formula is C10H12F3NO3S. The largest absolute Gasteiger partial charge is 0.416 e. The van der Waals surface area contributed by atoms with Gasteiger partial charge in [0, 0.05) is 6.54 Å². The molecule has 4 nitrogen and oxygen atoms in total. The van der Waals surface area contributed by atoms with Crippen LogP contribution >= 0.6 is 0 Å². The Morgan fingerprint density at radius 3 is 2.44 bits per heavy atom. The summed E-state index contributed by atoms with van der Waals surface area (Å²) in [7, 11) is -4.05. The van der Waals surface area contributed by atoms with Crippen LogP contribution in [0.15, 0.2) is 23.1 Å². The molecule has 1 rings (SSSR count). The van der Waals surface area contributed by atoms with E-state index >= 15 is 0 Å². The van der Waals surface area contributed by atoms with Gasteiger partial charge in [-0.15, -0.1) is 0 Å². The summed E-state index contributed by atoms with van der Waals surface area (Å²) in [4.78, 5) is -0.439. The Hall–Kier alpha value is -1.12. The molecular weight excluding hydrogens is 271 g/mol. The van der Waals surface area contributed by atoms with Crippen LogP contribution in [0.5, 0.6) is 0 Å². The SMILES string of the molecule is Cc1ccc(C(F)(F)F)cc1S(=O)(=O)NCCO. The number of halogens is 3. The van der Waals surface area contributed by atoms with Crippen LogP contribution in [-0.2, 0) is 16.2 Å². The minimum absolute atomic E-state index is 0.202. The average molecular weight is 283 g/mol. The van der Waals surface area contributed by atoms with Crippen LogP contribution in [-0.4, -0.2) is 26.7 Å². The predicted molar refractivity (Wildman–Crippen MR) is 58.5 cm³/mol. The van der Waals surface area contributed by atoms with Gasteiger partial charge >= 0.3 is 6.18 Å². The second kappa shape index (κ2) is 5.25. The number of aliphatic hydroxyl groups is 1. The molecule has 0 aliphatic carbocycles. The summed E-state index contributed by atoms with van der Waals surface area (Å²) in [6.45, 7) is 0.711. The number of nitrogens with one attached hydrogen (secondary N) is 1. The molecule has 2 N–H and O–H groups in total. The van der Waals surface area contributed by atoms with E-state index in [2.05, 4.69) is 0 Å². The molecule has 0 aromatic heterocycles. The molecule has 0 radical (unpaired) electrons. The zero-order valence-corrected chi connectivity index (χ0v) is 10.3. The maximum absolute atomic E-state index is 12.5. The van der Waals surface area contributed by atoms with Gasteiger partial charge in [-0.3, -0.25) is 0 Å². The van der Waals surface area contributed by atoms with E-state index in [0.717, 1.165) is 12.1 Å². The lowest BCUT2D eigenvalue weighted by Crippen LogP contribution is -2.27. The standard InChI is InChI=1S/C10H12F3NO3S/c1-7-2-3-8(10(11,12)13)6-9(7)18(16,17)14-4-5-15/h2-3,6,14-15H,4-5H2,1H3. The Morgan fingerprint density at radius 1 is 1.33 bits per heavy atom. The Balaban J connectivity index is 3.24. The molecule has 0 aliphatic heterocycles. The lowest BCUT2D eigenvalue weighted by Gasteiger charge is -2.12. The van der Waals surface area contributed by atoms with E-state index in [9.17, 15) is 21.6 Å².